The maximum atomic E-state index is 8.57. The van der Waals surface area contributed by atoms with Crippen molar-refractivity contribution in [1.29, 1.82) is 5.26 Å². The van der Waals surface area contributed by atoms with Crippen LogP contribution in [-0.4, -0.2) is 10.2 Å². The summed E-state index contributed by atoms with van der Waals surface area (Å²) in [5.41, 5.74) is 1.81. The Balaban J connectivity index is 2.53. The summed E-state index contributed by atoms with van der Waals surface area (Å²) in [7, 11) is 0. The molecule has 2 rings (SSSR count). The Labute approximate surface area is 108 Å². The Kier molecular flexibility index (Phi) is 3.52. The molecule has 0 bridgehead atoms. The fraction of sp³-hybridized carbons (Fsp3) is 0.0833. The van der Waals surface area contributed by atoms with Gasteiger partial charge in [0.05, 0.1) is 6.07 Å². The minimum Gasteiger partial charge on any atom is -0.193 e. The van der Waals surface area contributed by atoms with E-state index in [0.717, 1.165) is 21.1 Å². The number of allylic oxidation sites excluding steroid dienone is 1. The third kappa shape index (κ3) is 2.70. The second-order valence-electron chi connectivity index (χ2n) is 3.32. The van der Waals surface area contributed by atoms with Gasteiger partial charge in [-0.25, -0.2) is 0 Å². The van der Waals surface area contributed by atoms with E-state index < -0.39 is 0 Å². The van der Waals surface area contributed by atoms with Crippen LogP contribution in [0.4, 0.5) is 0 Å². The van der Waals surface area contributed by atoms with Crippen molar-refractivity contribution in [3.05, 3.63) is 39.9 Å². The van der Waals surface area contributed by atoms with Gasteiger partial charge in [-0.3, -0.25) is 0 Å². The number of nitriles is 1. The van der Waals surface area contributed by atoms with Crippen molar-refractivity contribution in [3.8, 4) is 16.6 Å². The van der Waals surface area contributed by atoms with Gasteiger partial charge in [0.1, 0.15) is 10.0 Å². The number of hydrogen-bond acceptors (Lipinski definition) is 4. The highest BCUT2D eigenvalue weighted by atomic mass is 35.5. The summed E-state index contributed by atoms with van der Waals surface area (Å²) in [6.07, 6.45) is 3.14. The Morgan fingerprint density at radius 3 is 2.88 bits per heavy atom. The molecule has 1 aromatic heterocycles. The second-order valence-corrected chi connectivity index (χ2v) is 4.94. The van der Waals surface area contributed by atoms with Crippen molar-refractivity contribution < 1.29 is 0 Å². The third-order valence-corrected chi connectivity index (χ3v) is 3.21. The third-order valence-electron chi connectivity index (χ3n) is 2.11. The van der Waals surface area contributed by atoms with Gasteiger partial charge in [0.15, 0.2) is 0 Å². The molecule has 0 fully saturated rings. The summed E-state index contributed by atoms with van der Waals surface area (Å²) < 4.78 is 0. The smallest absolute Gasteiger partial charge is 0.148 e. The molecular weight excluding hydrogens is 254 g/mol. The topological polar surface area (TPSA) is 49.6 Å². The first-order valence-electron chi connectivity index (χ1n) is 4.87. The molecule has 0 N–H and O–H groups in total. The zero-order chi connectivity index (χ0) is 12.3. The molecule has 0 aliphatic rings. The highest BCUT2D eigenvalue weighted by molar-refractivity contribution is 7.14. The maximum Gasteiger partial charge on any atom is 0.148 e. The van der Waals surface area contributed by atoms with Gasteiger partial charge in [0.2, 0.25) is 0 Å². The van der Waals surface area contributed by atoms with E-state index >= 15 is 0 Å². The predicted molar refractivity (Wildman–Crippen MR) is 69.7 cm³/mol. The lowest BCUT2D eigenvalue weighted by Crippen LogP contribution is -1.83. The van der Waals surface area contributed by atoms with Crippen molar-refractivity contribution in [1.82, 2.24) is 10.2 Å². The zero-order valence-corrected chi connectivity index (χ0v) is 10.6. The first kappa shape index (κ1) is 11.8. The molecule has 17 heavy (non-hydrogen) atoms. The van der Waals surface area contributed by atoms with Crippen LogP contribution in [0.25, 0.3) is 16.6 Å². The van der Waals surface area contributed by atoms with Crippen LogP contribution in [0.5, 0.6) is 0 Å². The fourth-order valence-electron chi connectivity index (χ4n) is 1.40. The van der Waals surface area contributed by atoms with Crippen LogP contribution >= 0.6 is 22.9 Å². The van der Waals surface area contributed by atoms with Gasteiger partial charge in [-0.1, -0.05) is 22.9 Å². The Bertz CT molecular complexity index is 610. The van der Waals surface area contributed by atoms with Gasteiger partial charge in [-0.2, -0.15) is 5.26 Å². The number of aryl methyl sites for hydroxylation is 1. The van der Waals surface area contributed by atoms with E-state index in [1.165, 1.54) is 17.4 Å². The lowest BCUT2D eigenvalue weighted by Gasteiger charge is -2.02. The van der Waals surface area contributed by atoms with Crippen molar-refractivity contribution in [3.63, 3.8) is 0 Å². The largest absolute Gasteiger partial charge is 0.193 e. The van der Waals surface area contributed by atoms with Crippen LogP contribution in [0.1, 0.15) is 10.6 Å². The van der Waals surface area contributed by atoms with Crippen molar-refractivity contribution in [2.24, 2.45) is 0 Å². The molecule has 1 heterocycles. The number of nitrogens with zero attached hydrogens (tertiary/aromatic N) is 3. The van der Waals surface area contributed by atoms with Gasteiger partial charge in [-0.05, 0) is 36.8 Å². The highest BCUT2D eigenvalue weighted by Crippen LogP contribution is 2.29. The lowest BCUT2D eigenvalue weighted by molar-refractivity contribution is 1.05. The molecule has 0 saturated carbocycles. The van der Waals surface area contributed by atoms with E-state index in [4.69, 9.17) is 16.9 Å². The molecule has 0 unspecified atom stereocenters. The number of hydrogen-bond donors (Lipinski definition) is 0. The zero-order valence-electron chi connectivity index (χ0n) is 9.01. The van der Waals surface area contributed by atoms with E-state index in [9.17, 15) is 0 Å². The first-order chi connectivity index (χ1) is 8.20. The summed E-state index contributed by atoms with van der Waals surface area (Å²) in [5, 5.41) is 19.0. The molecule has 0 spiro atoms. The number of aromatic nitrogens is 2. The Morgan fingerprint density at radius 1 is 1.41 bits per heavy atom. The summed E-state index contributed by atoms with van der Waals surface area (Å²) in [6, 6.07) is 7.46. The number of halogens is 1. The molecule has 3 nitrogen and oxygen atoms in total. The van der Waals surface area contributed by atoms with Crippen LogP contribution in [0.15, 0.2) is 24.3 Å². The van der Waals surface area contributed by atoms with E-state index in [-0.39, 0.29) is 0 Å². The fourth-order valence-corrected chi connectivity index (χ4v) is 2.32. The van der Waals surface area contributed by atoms with Crippen molar-refractivity contribution >= 4 is 29.0 Å². The molecule has 0 radical (unpaired) electrons. The van der Waals surface area contributed by atoms with Gasteiger partial charge in [-0.15, -0.1) is 10.2 Å². The average Bonchev–Trinajstić information content (AvgIpc) is 2.73. The van der Waals surface area contributed by atoms with Crippen LogP contribution in [-0.2, 0) is 0 Å². The van der Waals surface area contributed by atoms with Gasteiger partial charge in [0.25, 0.3) is 0 Å². The standard InChI is InChI=1S/C12H8ClN3S/c1-8-15-16-12(17-8)11-5-4-10(13)7-9(11)3-2-6-14/h2-5,7H,1H3/b3-2+. The van der Waals surface area contributed by atoms with Crippen LogP contribution in [0, 0.1) is 18.3 Å². The summed E-state index contributed by atoms with van der Waals surface area (Å²) in [5.74, 6) is 0. The molecule has 0 atom stereocenters. The van der Waals surface area contributed by atoms with E-state index in [1.54, 1.807) is 12.1 Å². The first-order valence-corrected chi connectivity index (χ1v) is 6.06. The van der Waals surface area contributed by atoms with Crippen LogP contribution < -0.4 is 0 Å². The molecular formula is C12H8ClN3S. The molecule has 0 amide bonds. The minimum atomic E-state index is 0.632. The molecule has 0 aliphatic carbocycles. The molecule has 0 aliphatic heterocycles. The second kappa shape index (κ2) is 5.09. The summed E-state index contributed by atoms with van der Waals surface area (Å²) in [6.45, 7) is 1.90. The monoisotopic (exact) mass is 261 g/mol. The van der Waals surface area contributed by atoms with Gasteiger partial charge in [0, 0.05) is 16.7 Å². The highest BCUT2D eigenvalue weighted by Gasteiger charge is 2.08. The molecule has 1 aromatic carbocycles. The van der Waals surface area contributed by atoms with Gasteiger partial charge < -0.3 is 0 Å². The van der Waals surface area contributed by atoms with E-state index in [2.05, 4.69) is 10.2 Å². The van der Waals surface area contributed by atoms with E-state index in [0.29, 0.717) is 5.02 Å². The average molecular weight is 262 g/mol. The Morgan fingerprint density at radius 2 is 2.24 bits per heavy atom. The summed E-state index contributed by atoms with van der Waals surface area (Å²) >= 11 is 7.45. The maximum absolute atomic E-state index is 8.57. The Hall–Kier alpha value is -1.70. The predicted octanol–water partition coefficient (Wildman–Crippen LogP) is 3.70. The molecule has 5 heteroatoms. The molecule has 84 valence electrons. The number of benzene rings is 1. The SMILES string of the molecule is Cc1nnc(-c2ccc(Cl)cc2/C=C/C#N)s1. The molecule has 0 saturated heterocycles. The number of rotatable bonds is 2. The lowest BCUT2D eigenvalue weighted by atomic mass is 10.1. The van der Waals surface area contributed by atoms with E-state index in [1.807, 2.05) is 25.1 Å². The minimum absolute atomic E-state index is 0.632. The van der Waals surface area contributed by atoms with Crippen LogP contribution in [0.3, 0.4) is 0 Å². The quantitative estimate of drug-likeness (QED) is 0.775. The van der Waals surface area contributed by atoms with Crippen molar-refractivity contribution in [2.45, 2.75) is 6.92 Å². The normalized spacial score (nSPS) is 10.6. The van der Waals surface area contributed by atoms with Gasteiger partial charge >= 0.3 is 0 Å². The summed E-state index contributed by atoms with van der Waals surface area (Å²) in [4.78, 5) is 0. The molecule has 2 aromatic rings. The van der Waals surface area contributed by atoms with Crippen molar-refractivity contribution in [2.75, 3.05) is 0 Å². The van der Waals surface area contributed by atoms with Crippen LogP contribution in [0.2, 0.25) is 5.02 Å².